The van der Waals surface area contributed by atoms with E-state index in [2.05, 4.69) is 21.3 Å². The van der Waals surface area contributed by atoms with E-state index >= 15 is 0 Å². The number of amides is 2. The molecule has 1 aromatic rings. The number of nitrogens with zero attached hydrogens (tertiary/aromatic N) is 4. The van der Waals surface area contributed by atoms with E-state index in [1.807, 2.05) is 18.7 Å². The van der Waals surface area contributed by atoms with Crippen molar-refractivity contribution in [1.82, 2.24) is 15.2 Å². The van der Waals surface area contributed by atoms with Gasteiger partial charge < -0.3 is 15.1 Å². The minimum absolute atomic E-state index is 0.0200. The van der Waals surface area contributed by atoms with Crippen molar-refractivity contribution in [1.29, 1.82) is 5.26 Å². The van der Waals surface area contributed by atoms with Crippen LogP contribution in [0.4, 0.5) is 10.6 Å². The summed E-state index contributed by atoms with van der Waals surface area (Å²) in [6.07, 6.45) is 2.57. The van der Waals surface area contributed by atoms with Crippen molar-refractivity contribution >= 4 is 11.8 Å². The van der Waals surface area contributed by atoms with Crippen LogP contribution < -0.4 is 10.2 Å². The van der Waals surface area contributed by atoms with Crippen molar-refractivity contribution in [3.05, 3.63) is 23.9 Å². The Morgan fingerprint density at radius 3 is 2.90 bits per heavy atom. The summed E-state index contributed by atoms with van der Waals surface area (Å²) in [6, 6.07) is 5.83. The summed E-state index contributed by atoms with van der Waals surface area (Å²) >= 11 is 0. The number of urea groups is 1. The molecule has 6 nitrogen and oxygen atoms in total. The lowest BCUT2D eigenvalue weighted by Gasteiger charge is -2.24. The molecule has 21 heavy (non-hydrogen) atoms. The van der Waals surface area contributed by atoms with Gasteiger partial charge in [0.15, 0.2) is 0 Å². The largest absolute Gasteiger partial charge is 0.354 e. The number of carbonyl (C=O) groups excluding carboxylic acids is 1. The number of nitriles is 1. The zero-order chi connectivity index (χ0) is 15.2. The molecule has 2 heterocycles. The van der Waals surface area contributed by atoms with Crippen LogP contribution in [0, 0.1) is 11.3 Å². The highest BCUT2D eigenvalue weighted by Crippen LogP contribution is 2.18. The summed E-state index contributed by atoms with van der Waals surface area (Å²) in [7, 11) is 0. The van der Waals surface area contributed by atoms with Gasteiger partial charge in [-0.2, -0.15) is 5.26 Å². The molecule has 0 bridgehead atoms. The van der Waals surface area contributed by atoms with Crippen molar-refractivity contribution < 1.29 is 4.79 Å². The van der Waals surface area contributed by atoms with Crippen LogP contribution in [0.5, 0.6) is 0 Å². The van der Waals surface area contributed by atoms with Crippen LogP contribution in [0.3, 0.4) is 0 Å². The molecule has 0 aromatic carbocycles. The minimum atomic E-state index is -0.0200. The first kappa shape index (κ1) is 15.1. The van der Waals surface area contributed by atoms with E-state index in [0.717, 1.165) is 19.5 Å². The second-order valence-corrected chi connectivity index (χ2v) is 5.42. The quantitative estimate of drug-likeness (QED) is 0.896. The van der Waals surface area contributed by atoms with Crippen LogP contribution in [0.1, 0.15) is 25.8 Å². The van der Waals surface area contributed by atoms with Crippen LogP contribution in [-0.4, -0.2) is 48.1 Å². The Balaban J connectivity index is 2.04. The van der Waals surface area contributed by atoms with E-state index in [0.29, 0.717) is 24.5 Å². The third-order valence-corrected chi connectivity index (χ3v) is 3.40. The molecule has 0 spiro atoms. The summed E-state index contributed by atoms with van der Waals surface area (Å²) < 4.78 is 0. The highest BCUT2D eigenvalue weighted by Gasteiger charge is 2.21. The van der Waals surface area contributed by atoms with Gasteiger partial charge in [-0.15, -0.1) is 0 Å². The lowest BCUT2D eigenvalue weighted by atomic mass is 10.2. The molecule has 2 amide bonds. The molecule has 6 heteroatoms. The predicted molar refractivity (Wildman–Crippen MR) is 81.0 cm³/mol. The van der Waals surface area contributed by atoms with E-state index < -0.39 is 0 Å². The molecule has 0 unspecified atom stereocenters. The second kappa shape index (κ2) is 6.93. The van der Waals surface area contributed by atoms with Crippen molar-refractivity contribution in [3.8, 4) is 6.07 Å². The molecule has 1 fully saturated rings. The third kappa shape index (κ3) is 3.85. The Morgan fingerprint density at radius 1 is 1.38 bits per heavy atom. The summed E-state index contributed by atoms with van der Waals surface area (Å²) in [5.74, 6) is 0.714. The van der Waals surface area contributed by atoms with Gasteiger partial charge in [0.2, 0.25) is 0 Å². The van der Waals surface area contributed by atoms with Gasteiger partial charge in [-0.25, -0.2) is 9.78 Å². The molecular formula is C15H21N5O. The number of anilines is 1. The van der Waals surface area contributed by atoms with Gasteiger partial charge >= 0.3 is 6.03 Å². The van der Waals surface area contributed by atoms with Crippen molar-refractivity contribution in [3.63, 3.8) is 0 Å². The molecule has 112 valence electrons. The summed E-state index contributed by atoms with van der Waals surface area (Å²) in [6.45, 7) is 6.77. The van der Waals surface area contributed by atoms with Crippen LogP contribution in [0.15, 0.2) is 18.3 Å². The van der Waals surface area contributed by atoms with Gasteiger partial charge in [0, 0.05) is 38.4 Å². The Morgan fingerprint density at radius 2 is 2.19 bits per heavy atom. The third-order valence-electron chi connectivity index (χ3n) is 3.40. The predicted octanol–water partition coefficient (Wildman–Crippen LogP) is 1.58. The van der Waals surface area contributed by atoms with E-state index in [4.69, 9.17) is 5.26 Å². The van der Waals surface area contributed by atoms with Crippen LogP contribution in [0.2, 0.25) is 0 Å². The van der Waals surface area contributed by atoms with Gasteiger partial charge in [-0.3, -0.25) is 0 Å². The Labute approximate surface area is 125 Å². The summed E-state index contributed by atoms with van der Waals surface area (Å²) in [5.41, 5.74) is 0.581. The SMILES string of the molecule is CC(C)NC(=O)N1CCCN(c2ncccc2C#N)CC1. The first-order valence-electron chi connectivity index (χ1n) is 7.27. The highest BCUT2D eigenvalue weighted by atomic mass is 16.2. The topological polar surface area (TPSA) is 72.3 Å². The van der Waals surface area contributed by atoms with Crippen LogP contribution in [-0.2, 0) is 0 Å². The van der Waals surface area contributed by atoms with Crippen LogP contribution >= 0.6 is 0 Å². The van der Waals surface area contributed by atoms with Gasteiger partial charge in [0.05, 0.1) is 5.56 Å². The Hall–Kier alpha value is -2.29. The average molecular weight is 287 g/mol. The number of aromatic nitrogens is 1. The highest BCUT2D eigenvalue weighted by molar-refractivity contribution is 5.74. The number of nitrogens with one attached hydrogen (secondary N) is 1. The van der Waals surface area contributed by atoms with E-state index in [9.17, 15) is 4.79 Å². The number of pyridine rings is 1. The smallest absolute Gasteiger partial charge is 0.317 e. The molecule has 0 aliphatic carbocycles. The molecule has 0 saturated carbocycles. The zero-order valence-electron chi connectivity index (χ0n) is 12.5. The normalized spacial score (nSPS) is 15.5. The lowest BCUT2D eigenvalue weighted by molar-refractivity contribution is 0.199. The Kier molecular flexibility index (Phi) is 4.99. The first-order valence-corrected chi connectivity index (χ1v) is 7.27. The van der Waals surface area contributed by atoms with Gasteiger partial charge in [-0.05, 0) is 32.4 Å². The van der Waals surface area contributed by atoms with Crippen molar-refractivity contribution in [2.75, 3.05) is 31.1 Å². The standard InChI is InChI=1S/C15H21N5O/c1-12(2)18-15(21)20-8-4-7-19(9-10-20)14-13(11-16)5-3-6-17-14/h3,5-6,12H,4,7-10H2,1-2H3,(H,18,21). The molecule has 1 aliphatic rings. The monoisotopic (exact) mass is 287 g/mol. The number of hydrogen-bond acceptors (Lipinski definition) is 4. The molecule has 1 aliphatic heterocycles. The molecule has 0 atom stereocenters. The van der Waals surface area contributed by atoms with Gasteiger partial charge in [0.1, 0.15) is 11.9 Å². The fourth-order valence-electron chi connectivity index (χ4n) is 2.41. The van der Waals surface area contributed by atoms with E-state index in [-0.39, 0.29) is 12.1 Å². The van der Waals surface area contributed by atoms with Gasteiger partial charge in [-0.1, -0.05) is 0 Å². The zero-order valence-corrected chi connectivity index (χ0v) is 12.5. The number of carbonyl (C=O) groups is 1. The van der Waals surface area contributed by atoms with Crippen LogP contribution in [0.25, 0.3) is 0 Å². The van der Waals surface area contributed by atoms with Gasteiger partial charge in [0.25, 0.3) is 0 Å². The first-order chi connectivity index (χ1) is 10.1. The molecule has 1 aromatic heterocycles. The molecule has 2 rings (SSSR count). The maximum Gasteiger partial charge on any atom is 0.317 e. The fraction of sp³-hybridized carbons (Fsp3) is 0.533. The maximum atomic E-state index is 12.1. The molecular weight excluding hydrogens is 266 g/mol. The van der Waals surface area contributed by atoms with Crippen molar-refractivity contribution in [2.45, 2.75) is 26.3 Å². The number of rotatable bonds is 2. The molecule has 0 radical (unpaired) electrons. The Bertz CT molecular complexity index is 537. The summed E-state index contributed by atoms with van der Waals surface area (Å²) in [5, 5.41) is 12.1. The maximum absolute atomic E-state index is 12.1. The second-order valence-electron chi connectivity index (χ2n) is 5.42. The summed E-state index contributed by atoms with van der Waals surface area (Å²) in [4.78, 5) is 20.3. The average Bonchev–Trinajstić information content (AvgIpc) is 2.72. The van der Waals surface area contributed by atoms with Crippen molar-refractivity contribution in [2.24, 2.45) is 0 Å². The van der Waals surface area contributed by atoms with E-state index in [1.165, 1.54) is 0 Å². The molecule has 1 N–H and O–H groups in total. The number of hydrogen-bond donors (Lipinski definition) is 1. The lowest BCUT2D eigenvalue weighted by Crippen LogP contribution is -2.44. The molecule has 1 saturated heterocycles. The fourth-order valence-corrected chi connectivity index (χ4v) is 2.41. The van der Waals surface area contributed by atoms with E-state index in [1.54, 1.807) is 18.3 Å². The minimum Gasteiger partial charge on any atom is -0.354 e.